The van der Waals surface area contributed by atoms with E-state index in [2.05, 4.69) is 6.92 Å². The van der Waals surface area contributed by atoms with Gasteiger partial charge in [-0.2, -0.15) is 0 Å². The second-order valence-electron chi connectivity index (χ2n) is 3.57. The van der Waals surface area contributed by atoms with E-state index in [1.54, 1.807) is 0 Å². The number of carbonyl (C=O) groups is 2. The van der Waals surface area contributed by atoms with Crippen LogP contribution in [0.15, 0.2) is 0 Å². The van der Waals surface area contributed by atoms with Gasteiger partial charge in [-0.15, -0.1) is 0 Å². The van der Waals surface area contributed by atoms with E-state index >= 15 is 0 Å². The molecule has 0 aromatic rings. The molecule has 0 saturated heterocycles. The number of hydrogen-bond acceptors (Lipinski definition) is 4. The van der Waals surface area contributed by atoms with E-state index in [1.165, 1.54) is 0 Å². The summed E-state index contributed by atoms with van der Waals surface area (Å²) in [6, 6.07) is 0. The molecule has 0 N–H and O–H groups in total. The molecule has 0 aliphatic heterocycles. The molecule has 2 unspecified atom stereocenters. The predicted octanol–water partition coefficient (Wildman–Crippen LogP) is 2.55. The first-order chi connectivity index (χ1) is 7.70. The molecule has 0 aliphatic carbocycles. The highest BCUT2D eigenvalue weighted by Crippen LogP contribution is 2.06. The quantitative estimate of drug-likeness (QED) is 0.339. The lowest BCUT2D eigenvalue weighted by molar-refractivity contribution is -0.115. The van der Waals surface area contributed by atoms with Gasteiger partial charge in [0.25, 0.3) is 0 Å². The first-order valence-corrected chi connectivity index (χ1v) is 6.27. The van der Waals surface area contributed by atoms with Gasteiger partial charge < -0.3 is 9.47 Å². The zero-order valence-electron chi connectivity index (χ0n) is 9.81. The summed E-state index contributed by atoms with van der Waals surface area (Å²) in [7, 11) is 1.89. The van der Waals surface area contributed by atoms with Gasteiger partial charge in [-0.3, -0.25) is 4.79 Å². The zero-order chi connectivity index (χ0) is 12.2. The van der Waals surface area contributed by atoms with Crippen molar-refractivity contribution < 1.29 is 19.1 Å². The van der Waals surface area contributed by atoms with Crippen LogP contribution in [0, 0.1) is 0 Å². The minimum Gasteiger partial charge on any atom is -0.452 e. The molecular weight excluding hydrogens is 227 g/mol. The number of hydrogen-bond donors (Lipinski definition) is 0. The van der Waals surface area contributed by atoms with Crippen LogP contribution in [0.4, 0.5) is 4.79 Å². The van der Waals surface area contributed by atoms with Gasteiger partial charge in [0.05, 0.1) is 0 Å². The van der Waals surface area contributed by atoms with Crippen LogP contribution in [0.5, 0.6) is 0 Å². The molecule has 0 saturated carbocycles. The van der Waals surface area contributed by atoms with E-state index in [0.29, 0.717) is 19.3 Å². The van der Waals surface area contributed by atoms with Crippen molar-refractivity contribution in [2.24, 2.45) is 0 Å². The van der Waals surface area contributed by atoms with Crippen molar-refractivity contribution in [2.45, 2.75) is 45.1 Å². The van der Waals surface area contributed by atoms with Gasteiger partial charge in [0.15, 0.2) is 12.4 Å². The molecule has 16 heavy (non-hydrogen) atoms. The average Bonchev–Trinajstić information content (AvgIpc) is 2.25. The van der Waals surface area contributed by atoms with Gasteiger partial charge >= 0.3 is 5.71 Å². The summed E-state index contributed by atoms with van der Waals surface area (Å²) in [4.78, 5) is 21.1. The Morgan fingerprint density at radius 1 is 1.31 bits per heavy atom. The van der Waals surface area contributed by atoms with Crippen molar-refractivity contribution in [3.05, 3.63) is 0 Å². The van der Waals surface area contributed by atoms with Gasteiger partial charge in [0.1, 0.15) is 0 Å². The number of carbonyl (C=O) groups excluding carboxylic acids is 2. The third-order valence-electron chi connectivity index (χ3n) is 2.09. The molecule has 0 aliphatic rings. The van der Waals surface area contributed by atoms with E-state index in [0.717, 1.165) is 32.3 Å². The van der Waals surface area contributed by atoms with Crippen molar-refractivity contribution in [1.29, 1.82) is 0 Å². The smallest absolute Gasteiger partial charge is 0.320 e. The second kappa shape index (κ2) is 11.0. The zero-order valence-corrected chi connectivity index (χ0v) is 11.0. The average molecular weight is 248 g/mol. The van der Waals surface area contributed by atoms with Crippen LogP contribution in [0.25, 0.3) is 0 Å². The second-order valence-corrected chi connectivity index (χ2v) is 4.04. The van der Waals surface area contributed by atoms with Crippen LogP contribution in [0.2, 0.25) is 0 Å². The molecule has 0 aromatic heterocycles. The van der Waals surface area contributed by atoms with E-state index in [4.69, 9.17) is 9.47 Å². The normalized spacial score (nSPS) is 12.1. The molecule has 0 heterocycles. The van der Waals surface area contributed by atoms with Gasteiger partial charge in [-0.05, 0) is 34.9 Å². The fourth-order valence-electron chi connectivity index (χ4n) is 1.20. The number of rotatable bonds is 10. The first kappa shape index (κ1) is 15.5. The van der Waals surface area contributed by atoms with E-state index in [1.807, 2.05) is 9.24 Å². The van der Waals surface area contributed by atoms with Crippen molar-refractivity contribution in [2.75, 3.05) is 13.2 Å². The molecule has 0 rings (SSSR count). The van der Waals surface area contributed by atoms with Crippen LogP contribution in [-0.2, 0) is 14.3 Å². The molecule has 0 bridgehead atoms. The first-order valence-electron chi connectivity index (χ1n) is 5.69. The maximum absolute atomic E-state index is 10.6. The standard InChI is InChI=1S/C11H21O4P/c1-2-3-7-14-8-5-4-6-10(9-12)15-11(13)16/h9-10H,2-8,16H2,1H3. The molecular formula is C11H21O4P. The molecule has 2 atom stereocenters. The summed E-state index contributed by atoms with van der Waals surface area (Å²) in [5.74, 6) is 0. The Morgan fingerprint density at radius 2 is 2.00 bits per heavy atom. The monoisotopic (exact) mass is 248 g/mol. The Balaban J connectivity index is 3.34. The van der Waals surface area contributed by atoms with Crippen molar-refractivity contribution in [1.82, 2.24) is 0 Å². The largest absolute Gasteiger partial charge is 0.452 e. The summed E-state index contributed by atoms with van der Waals surface area (Å²) >= 11 is 0. The summed E-state index contributed by atoms with van der Waals surface area (Å²) in [6.45, 7) is 3.63. The molecule has 0 amide bonds. The fourth-order valence-corrected chi connectivity index (χ4v) is 1.38. The van der Waals surface area contributed by atoms with Crippen LogP contribution in [0.3, 0.4) is 0 Å². The lowest BCUT2D eigenvalue weighted by atomic mass is 10.2. The minimum atomic E-state index is -0.611. The maximum Gasteiger partial charge on any atom is 0.320 e. The minimum absolute atomic E-state index is 0.490. The lowest BCUT2D eigenvalue weighted by Gasteiger charge is -2.09. The summed E-state index contributed by atoms with van der Waals surface area (Å²) in [5, 5.41) is 0. The summed E-state index contributed by atoms with van der Waals surface area (Å²) in [5.41, 5.74) is -0.490. The Labute approximate surface area is 99.3 Å². The maximum atomic E-state index is 10.6. The van der Waals surface area contributed by atoms with Crippen molar-refractivity contribution >= 4 is 21.2 Å². The Kier molecular flexibility index (Phi) is 10.7. The highest BCUT2D eigenvalue weighted by Gasteiger charge is 2.09. The Hall–Kier alpha value is -0.470. The molecule has 94 valence electrons. The van der Waals surface area contributed by atoms with Crippen LogP contribution in [0.1, 0.15) is 39.0 Å². The SMILES string of the molecule is CCCCOCCCCC(C=O)OC(=O)P. The third kappa shape index (κ3) is 10.1. The predicted molar refractivity (Wildman–Crippen MR) is 65.6 cm³/mol. The molecule has 0 fully saturated rings. The Morgan fingerprint density at radius 3 is 2.56 bits per heavy atom. The third-order valence-corrected chi connectivity index (χ3v) is 2.22. The topological polar surface area (TPSA) is 52.6 Å². The summed E-state index contributed by atoms with van der Waals surface area (Å²) < 4.78 is 10.1. The molecule has 0 spiro atoms. The highest BCUT2D eigenvalue weighted by atomic mass is 31.0. The van der Waals surface area contributed by atoms with Crippen LogP contribution >= 0.6 is 9.24 Å². The van der Waals surface area contributed by atoms with Crippen LogP contribution < -0.4 is 0 Å². The fraction of sp³-hybridized carbons (Fsp3) is 0.818. The van der Waals surface area contributed by atoms with Crippen molar-refractivity contribution in [3.8, 4) is 0 Å². The molecule has 0 aromatic carbocycles. The molecule has 5 heteroatoms. The molecule has 4 nitrogen and oxygen atoms in total. The molecule has 0 radical (unpaired) electrons. The van der Waals surface area contributed by atoms with E-state index in [-0.39, 0.29) is 0 Å². The number of aldehydes is 1. The van der Waals surface area contributed by atoms with Gasteiger partial charge in [-0.1, -0.05) is 13.3 Å². The van der Waals surface area contributed by atoms with Gasteiger partial charge in [-0.25, -0.2) is 4.79 Å². The van der Waals surface area contributed by atoms with Crippen molar-refractivity contribution in [3.63, 3.8) is 0 Å². The lowest BCUT2D eigenvalue weighted by Crippen LogP contribution is -2.15. The van der Waals surface area contributed by atoms with Crippen LogP contribution in [-0.4, -0.2) is 31.3 Å². The van der Waals surface area contributed by atoms with E-state index in [9.17, 15) is 9.59 Å². The Bertz CT molecular complexity index is 196. The van der Waals surface area contributed by atoms with Gasteiger partial charge in [0.2, 0.25) is 0 Å². The van der Waals surface area contributed by atoms with E-state index < -0.39 is 11.8 Å². The number of ether oxygens (including phenoxy) is 2. The summed E-state index contributed by atoms with van der Waals surface area (Å²) in [6.07, 6.45) is 4.57. The highest BCUT2D eigenvalue weighted by molar-refractivity contribution is 7.39. The van der Waals surface area contributed by atoms with Gasteiger partial charge in [0, 0.05) is 13.2 Å². The number of unbranched alkanes of at least 4 members (excludes halogenated alkanes) is 2.